The Labute approximate surface area is 107 Å². The predicted octanol–water partition coefficient (Wildman–Crippen LogP) is 1.56. The molecular formula is C12H10N4O3. The molecule has 0 aliphatic heterocycles. The molecule has 0 saturated carbocycles. The van der Waals surface area contributed by atoms with Crippen LogP contribution in [0.5, 0.6) is 11.6 Å². The smallest absolute Gasteiger partial charge is 0.358 e. The maximum atomic E-state index is 11.3. The summed E-state index contributed by atoms with van der Waals surface area (Å²) >= 11 is 0. The summed E-state index contributed by atoms with van der Waals surface area (Å²) in [6.45, 7) is 0. The summed E-state index contributed by atoms with van der Waals surface area (Å²) < 4.78 is 8.51. The molecule has 0 atom stereocenters. The van der Waals surface area contributed by atoms with E-state index in [0.29, 0.717) is 11.4 Å². The third kappa shape index (κ3) is 1.90. The second-order valence-corrected chi connectivity index (χ2v) is 3.95. The molecule has 7 nitrogen and oxygen atoms in total. The lowest BCUT2D eigenvalue weighted by atomic mass is 10.4. The first-order valence-corrected chi connectivity index (χ1v) is 5.52. The van der Waals surface area contributed by atoms with Crippen molar-refractivity contribution in [1.82, 2.24) is 19.2 Å². The quantitative estimate of drug-likeness (QED) is 0.770. The third-order valence-corrected chi connectivity index (χ3v) is 2.60. The van der Waals surface area contributed by atoms with Gasteiger partial charge in [0.15, 0.2) is 11.4 Å². The van der Waals surface area contributed by atoms with E-state index in [1.165, 1.54) is 10.6 Å². The summed E-state index contributed by atoms with van der Waals surface area (Å²) in [7, 11) is 1.74. The van der Waals surface area contributed by atoms with Crippen molar-refractivity contribution in [3.05, 3.63) is 42.5 Å². The number of carboxylic acids is 1. The highest BCUT2D eigenvalue weighted by atomic mass is 16.5. The predicted molar refractivity (Wildman–Crippen MR) is 65.4 cm³/mol. The molecule has 96 valence electrons. The second kappa shape index (κ2) is 4.13. The average Bonchev–Trinajstić information content (AvgIpc) is 2.92. The van der Waals surface area contributed by atoms with Crippen LogP contribution >= 0.6 is 0 Å². The van der Waals surface area contributed by atoms with Gasteiger partial charge >= 0.3 is 5.97 Å². The number of ether oxygens (including phenoxy) is 1. The van der Waals surface area contributed by atoms with E-state index in [1.807, 2.05) is 0 Å². The van der Waals surface area contributed by atoms with E-state index in [0.717, 1.165) is 0 Å². The van der Waals surface area contributed by atoms with Gasteiger partial charge in [-0.05, 0) is 12.1 Å². The number of hydrogen-bond donors (Lipinski definition) is 1. The molecule has 0 aromatic carbocycles. The van der Waals surface area contributed by atoms with Crippen molar-refractivity contribution in [2.24, 2.45) is 7.05 Å². The van der Waals surface area contributed by atoms with E-state index in [-0.39, 0.29) is 11.6 Å². The summed E-state index contributed by atoms with van der Waals surface area (Å²) in [5.74, 6) is -0.613. The van der Waals surface area contributed by atoms with Crippen LogP contribution in [0, 0.1) is 0 Å². The molecule has 0 fully saturated rings. The first-order valence-electron chi connectivity index (χ1n) is 5.52. The monoisotopic (exact) mass is 258 g/mol. The number of aromatic carboxylic acids is 1. The molecule has 19 heavy (non-hydrogen) atoms. The van der Waals surface area contributed by atoms with Crippen LogP contribution < -0.4 is 4.74 Å². The Morgan fingerprint density at radius 2 is 2.26 bits per heavy atom. The van der Waals surface area contributed by atoms with E-state index in [1.54, 1.807) is 42.3 Å². The number of hydrogen-bond acceptors (Lipinski definition) is 4. The molecule has 0 aliphatic carbocycles. The summed E-state index contributed by atoms with van der Waals surface area (Å²) in [5, 5.41) is 13.2. The van der Waals surface area contributed by atoms with Gasteiger partial charge in [0.25, 0.3) is 5.88 Å². The lowest BCUT2D eigenvalue weighted by molar-refractivity contribution is 0.0686. The van der Waals surface area contributed by atoms with Gasteiger partial charge in [0.05, 0.1) is 12.4 Å². The fourth-order valence-corrected chi connectivity index (χ4v) is 1.80. The van der Waals surface area contributed by atoms with Crippen molar-refractivity contribution in [2.75, 3.05) is 0 Å². The first-order chi connectivity index (χ1) is 9.15. The van der Waals surface area contributed by atoms with Crippen LogP contribution in [0.1, 0.15) is 10.5 Å². The van der Waals surface area contributed by atoms with Gasteiger partial charge in [0.2, 0.25) is 0 Å². The summed E-state index contributed by atoms with van der Waals surface area (Å²) in [4.78, 5) is 15.5. The topological polar surface area (TPSA) is 81.7 Å². The van der Waals surface area contributed by atoms with Crippen LogP contribution in [-0.2, 0) is 7.05 Å². The van der Waals surface area contributed by atoms with Crippen molar-refractivity contribution in [2.45, 2.75) is 0 Å². The average molecular weight is 258 g/mol. The molecule has 3 aromatic rings. The van der Waals surface area contributed by atoms with Gasteiger partial charge in [0, 0.05) is 13.2 Å². The van der Waals surface area contributed by atoms with E-state index < -0.39 is 5.97 Å². The number of carbonyl (C=O) groups is 1. The molecule has 0 radical (unpaired) electrons. The van der Waals surface area contributed by atoms with Gasteiger partial charge in [0.1, 0.15) is 5.65 Å². The fourth-order valence-electron chi connectivity index (χ4n) is 1.80. The molecule has 0 aliphatic rings. The minimum Gasteiger partial charge on any atom is -0.476 e. The Morgan fingerprint density at radius 3 is 2.95 bits per heavy atom. The molecule has 0 amide bonds. The van der Waals surface area contributed by atoms with Gasteiger partial charge in [-0.25, -0.2) is 4.79 Å². The minimum atomic E-state index is -1.10. The molecule has 0 spiro atoms. The van der Waals surface area contributed by atoms with E-state index in [2.05, 4.69) is 10.1 Å². The lowest BCUT2D eigenvalue weighted by Crippen LogP contribution is -2.03. The van der Waals surface area contributed by atoms with Gasteiger partial charge < -0.3 is 9.84 Å². The highest BCUT2D eigenvalue weighted by Gasteiger charge is 2.20. The minimum absolute atomic E-state index is 0.0144. The van der Waals surface area contributed by atoms with Gasteiger partial charge in [-0.1, -0.05) is 6.07 Å². The van der Waals surface area contributed by atoms with Crippen molar-refractivity contribution in [3.8, 4) is 11.6 Å². The molecule has 0 unspecified atom stereocenters. The zero-order chi connectivity index (χ0) is 13.4. The Balaban J connectivity index is 2.12. The number of aromatic nitrogens is 4. The summed E-state index contributed by atoms with van der Waals surface area (Å²) in [5.41, 5.74) is 0.498. The van der Waals surface area contributed by atoms with Crippen molar-refractivity contribution in [3.63, 3.8) is 0 Å². The highest BCUT2D eigenvalue weighted by Crippen LogP contribution is 2.25. The SMILES string of the molecule is Cn1cc(Oc2nc3ccccn3c2C(=O)O)cn1. The maximum Gasteiger partial charge on any atom is 0.358 e. The Morgan fingerprint density at radius 1 is 1.42 bits per heavy atom. The number of aryl methyl sites for hydroxylation is 1. The molecule has 3 aromatic heterocycles. The maximum absolute atomic E-state index is 11.3. The fraction of sp³-hybridized carbons (Fsp3) is 0.0833. The van der Waals surface area contributed by atoms with Crippen LogP contribution in [0.4, 0.5) is 0 Å². The highest BCUT2D eigenvalue weighted by molar-refractivity contribution is 5.89. The Kier molecular flexibility index (Phi) is 2.45. The number of pyridine rings is 1. The molecular weight excluding hydrogens is 248 g/mol. The molecule has 7 heteroatoms. The second-order valence-electron chi connectivity index (χ2n) is 3.95. The van der Waals surface area contributed by atoms with Crippen LogP contribution in [-0.4, -0.2) is 30.2 Å². The zero-order valence-corrected chi connectivity index (χ0v) is 10.0. The molecule has 3 rings (SSSR count). The standard InChI is InChI=1S/C12H10N4O3/c1-15-7-8(6-13-15)19-11-10(12(17)18)16-5-3-2-4-9(16)14-11/h2-7H,1H3,(H,17,18). The van der Waals surface area contributed by atoms with E-state index in [4.69, 9.17) is 4.74 Å². The van der Waals surface area contributed by atoms with Gasteiger partial charge in [-0.3, -0.25) is 9.08 Å². The van der Waals surface area contributed by atoms with E-state index in [9.17, 15) is 9.90 Å². The summed E-state index contributed by atoms with van der Waals surface area (Å²) in [6.07, 6.45) is 4.76. The Bertz CT molecular complexity index is 759. The number of carboxylic acid groups (broad SMARTS) is 1. The third-order valence-electron chi connectivity index (χ3n) is 2.60. The van der Waals surface area contributed by atoms with Crippen molar-refractivity contribution >= 4 is 11.6 Å². The lowest BCUT2D eigenvalue weighted by Gasteiger charge is -2.00. The summed E-state index contributed by atoms with van der Waals surface area (Å²) in [6, 6.07) is 5.22. The van der Waals surface area contributed by atoms with Crippen LogP contribution in [0.2, 0.25) is 0 Å². The zero-order valence-electron chi connectivity index (χ0n) is 10.0. The van der Waals surface area contributed by atoms with Crippen LogP contribution in [0.3, 0.4) is 0 Å². The Hall–Kier alpha value is -2.83. The first kappa shape index (κ1) is 11.3. The van der Waals surface area contributed by atoms with Crippen molar-refractivity contribution in [1.29, 1.82) is 0 Å². The van der Waals surface area contributed by atoms with Gasteiger partial charge in [-0.2, -0.15) is 10.1 Å². The number of nitrogens with zero attached hydrogens (tertiary/aromatic N) is 4. The molecule has 3 heterocycles. The normalized spacial score (nSPS) is 10.8. The van der Waals surface area contributed by atoms with Crippen LogP contribution in [0.15, 0.2) is 36.8 Å². The number of imidazole rings is 1. The van der Waals surface area contributed by atoms with Crippen molar-refractivity contribution < 1.29 is 14.6 Å². The van der Waals surface area contributed by atoms with E-state index >= 15 is 0 Å². The number of fused-ring (bicyclic) bond motifs is 1. The van der Waals surface area contributed by atoms with Crippen LogP contribution in [0.25, 0.3) is 5.65 Å². The molecule has 1 N–H and O–H groups in total. The number of rotatable bonds is 3. The largest absolute Gasteiger partial charge is 0.476 e. The molecule has 0 saturated heterocycles. The van der Waals surface area contributed by atoms with Gasteiger partial charge in [-0.15, -0.1) is 0 Å². The molecule has 0 bridgehead atoms.